The third kappa shape index (κ3) is 6.83. The number of hydrazine groups is 1. The molecule has 0 fully saturated rings. The molecule has 0 radical (unpaired) electrons. The molecule has 28 heavy (non-hydrogen) atoms. The normalized spacial score (nSPS) is 11.3. The van der Waals surface area contributed by atoms with E-state index in [1.807, 2.05) is 39.0 Å². The van der Waals surface area contributed by atoms with E-state index in [2.05, 4.69) is 10.9 Å². The second-order valence-corrected chi connectivity index (χ2v) is 6.31. The van der Waals surface area contributed by atoms with Gasteiger partial charge in [-0.05, 0) is 75.2 Å². The van der Waals surface area contributed by atoms with Crippen molar-refractivity contribution in [2.75, 3.05) is 13.2 Å². The van der Waals surface area contributed by atoms with Gasteiger partial charge in [-0.3, -0.25) is 20.4 Å². The van der Waals surface area contributed by atoms with E-state index in [-0.39, 0.29) is 6.61 Å². The van der Waals surface area contributed by atoms with Crippen molar-refractivity contribution in [1.29, 1.82) is 0 Å². The summed E-state index contributed by atoms with van der Waals surface area (Å²) in [6.07, 6.45) is -0.793. The van der Waals surface area contributed by atoms with Crippen LogP contribution in [0.25, 0.3) is 0 Å². The molecule has 1 atom stereocenters. The van der Waals surface area contributed by atoms with Crippen LogP contribution in [0.4, 0.5) is 0 Å². The van der Waals surface area contributed by atoms with Gasteiger partial charge in [0, 0.05) is 0 Å². The maximum absolute atomic E-state index is 12.1. The van der Waals surface area contributed by atoms with Crippen LogP contribution in [0.15, 0.2) is 42.5 Å². The largest absolute Gasteiger partial charge is 0.494 e. The summed E-state index contributed by atoms with van der Waals surface area (Å²) in [5.41, 5.74) is 6.73. The van der Waals surface area contributed by atoms with Crippen molar-refractivity contribution in [2.45, 2.75) is 33.8 Å². The molecular formula is C21H26N2O5. The summed E-state index contributed by atoms with van der Waals surface area (Å²) in [6.45, 7) is 7.75. The minimum Gasteiger partial charge on any atom is -0.494 e. The van der Waals surface area contributed by atoms with Gasteiger partial charge in [-0.1, -0.05) is 6.07 Å². The summed E-state index contributed by atoms with van der Waals surface area (Å²) in [7, 11) is 0. The zero-order valence-corrected chi connectivity index (χ0v) is 16.6. The van der Waals surface area contributed by atoms with E-state index in [9.17, 15) is 9.59 Å². The molecule has 2 aromatic carbocycles. The average Bonchev–Trinajstić information content (AvgIpc) is 2.65. The molecule has 2 aromatic rings. The van der Waals surface area contributed by atoms with Crippen molar-refractivity contribution >= 4 is 11.8 Å². The third-order valence-corrected chi connectivity index (χ3v) is 3.71. The van der Waals surface area contributed by atoms with Crippen LogP contribution in [0.1, 0.15) is 25.0 Å². The van der Waals surface area contributed by atoms with Gasteiger partial charge in [-0.15, -0.1) is 0 Å². The lowest BCUT2D eigenvalue weighted by atomic mass is 10.1. The van der Waals surface area contributed by atoms with E-state index < -0.39 is 17.9 Å². The topological polar surface area (TPSA) is 85.9 Å². The highest BCUT2D eigenvalue weighted by Crippen LogP contribution is 2.18. The smallest absolute Gasteiger partial charge is 0.279 e. The summed E-state index contributed by atoms with van der Waals surface area (Å²) in [5.74, 6) is 0.902. The van der Waals surface area contributed by atoms with Crippen LogP contribution in [-0.2, 0) is 9.59 Å². The van der Waals surface area contributed by atoms with Crippen LogP contribution >= 0.6 is 0 Å². The molecule has 150 valence electrons. The van der Waals surface area contributed by atoms with Gasteiger partial charge in [0.25, 0.3) is 11.8 Å². The first-order valence-electron chi connectivity index (χ1n) is 9.06. The van der Waals surface area contributed by atoms with Crippen molar-refractivity contribution < 1.29 is 23.8 Å². The summed E-state index contributed by atoms with van der Waals surface area (Å²) in [5, 5.41) is 0. The van der Waals surface area contributed by atoms with Gasteiger partial charge in [-0.2, -0.15) is 0 Å². The standard InChI is InChI=1S/C21H26N2O5/c1-5-26-17-6-8-18(9-7-17)28-16(4)21(25)23-22-20(24)13-27-19-11-14(2)10-15(3)12-19/h6-12,16H,5,13H2,1-4H3,(H,22,24)(H,23,25)/t16-/m1/s1. The van der Waals surface area contributed by atoms with Crippen LogP contribution in [0.5, 0.6) is 17.2 Å². The highest BCUT2D eigenvalue weighted by molar-refractivity contribution is 5.85. The molecule has 0 aromatic heterocycles. The van der Waals surface area contributed by atoms with Gasteiger partial charge in [0.15, 0.2) is 12.7 Å². The highest BCUT2D eigenvalue weighted by atomic mass is 16.5. The molecule has 0 spiro atoms. The number of ether oxygens (including phenoxy) is 3. The fourth-order valence-electron chi connectivity index (χ4n) is 2.47. The molecule has 0 aliphatic rings. The predicted molar refractivity (Wildman–Crippen MR) is 105 cm³/mol. The van der Waals surface area contributed by atoms with Gasteiger partial charge in [0.1, 0.15) is 17.2 Å². The average molecular weight is 386 g/mol. The quantitative estimate of drug-likeness (QED) is 0.682. The number of hydrogen-bond donors (Lipinski definition) is 2. The molecule has 2 rings (SSSR count). The molecule has 0 saturated heterocycles. The van der Waals surface area contributed by atoms with Crippen molar-refractivity contribution in [3.63, 3.8) is 0 Å². The Morgan fingerprint density at radius 3 is 2.11 bits per heavy atom. The highest BCUT2D eigenvalue weighted by Gasteiger charge is 2.15. The Hall–Kier alpha value is -3.22. The molecule has 7 heteroatoms. The number of nitrogens with one attached hydrogen (secondary N) is 2. The first kappa shape index (κ1) is 21.1. The molecule has 2 amide bonds. The Balaban J connectivity index is 1.74. The molecule has 0 aliphatic carbocycles. The van der Waals surface area contributed by atoms with E-state index in [0.717, 1.165) is 16.9 Å². The minimum absolute atomic E-state index is 0.211. The van der Waals surface area contributed by atoms with Gasteiger partial charge in [0.05, 0.1) is 6.61 Å². The Kier molecular flexibility index (Phi) is 7.68. The first-order valence-corrected chi connectivity index (χ1v) is 9.06. The first-order chi connectivity index (χ1) is 13.4. The Morgan fingerprint density at radius 2 is 1.50 bits per heavy atom. The minimum atomic E-state index is -0.793. The van der Waals surface area contributed by atoms with Crippen molar-refractivity contribution in [3.8, 4) is 17.2 Å². The number of rotatable bonds is 8. The number of aryl methyl sites for hydroxylation is 2. The maximum Gasteiger partial charge on any atom is 0.279 e. The number of amides is 2. The van der Waals surface area contributed by atoms with Crippen LogP contribution < -0.4 is 25.1 Å². The predicted octanol–water partition coefficient (Wildman–Crippen LogP) is 2.70. The molecular weight excluding hydrogens is 360 g/mol. The van der Waals surface area contributed by atoms with Crippen LogP contribution in [-0.4, -0.2) is 31.1 Å². The second kappa shape index (κ2) is 10.2. The summed E-state index contributed by atoms with van der Waals surface area (Å²) >= 11 is 0. The molecule has 0 bridgehead atoms. The third-order valence-electron chi connectivity index (χ3n) is 3.71. The lowest BCUT2D eigenvalue weighted by Crippen LogP contribution is -2.48. The van der Waals surface area contributed by atoms with E-state index in [1.54, 1.807) is 31.2 Å². The Labute approximate surface area is 165 Å². The SMILES string of the molecule is CCOc1ccc(O[C@H](C)C(=O)NNC(=O)COc2cc(C)cc(C)c2)cc1. The fourth-order valence-corrected chi connectivity index (χ4v) is 2.47. The van der Waals surface area contributed by atoms with Gasteiger partial charge in [-0.25, -0.2) is 0 Å². The summed E-state index contributed by atoms with van der Waals surface area (Å²) < 4.78 is 16.3. The van der Waals surface area contributed by atoms with Crippen LogP contribution in [0.2, 0.25) is 0 Å². The van der Waals surface area contributed by atoms with Gasteiger partial charge < -0.3 is 14.2 Å². The number of carbonyl (C=O) groups is 2. The number of hydrogen-bond acceptors (Lipinski definition) is 5. The molecule has 2 N–H and O–H groups in total. The van der Waals surface area contributed by atoms with Crippen molar-refractivity contribution in [3.05, 3.63) is 53.6 Å². The maximum atomic E-state index is 12.1. The summed E-state index contributed by atoms with van der Waals surface area (Å²) in [4.78, 5) is 23.9. The number of carbonyl (C=O) groups excluding carboxylic acids is 2. The summed E-state index contributed by atoms with van der Waals surface area (Å²) in [6, 6.07) is 12.6. The zero-order valence-electron chi connectivity index (χ0n) is 16.6. The Morgan fingerprint density at radius 1 is 0.893 bits per heavy atom. The van der Waals surface area contributed by atoms with Gasteiger partial charge >= 0.3 is 0 Å². The lowest BCUT2D eigenvalue weighted by molar-refractivity contribution is -0.133. The van der Waals surface area contributed by atoms with Crippen molar-refractivity contribution in [1.82, 2.24) is 10.9 Å². The zero-order chi connectivity index (χ0) is 20.5. The Bertz CT molecular complexity index is 785. The molecule has 7 nitrogen and oxygen atoms in total. The van der Waals surface area contributed by atoms with Crippen LogP contribution in [0.3, 0.4) is 0 Å². The van der Waals surface area contributed by atoms with E-state index >= 15 is 0 Å². The van der Waals surface area contributed by atoms with Crippen molar-refractivity contribution in [2.24, 2.45) is 0 Å². The lowest BCUT2D eigenvalue weighted by Gasteiger charge is -2.15. The van der Waals surface area contributed by atoms with E-state index in [1.165, 1.54) is 0 Å². The molecule has 0 aliphatic heterocycles. The number of benzene rings is 2. The second-order valence-electron chi connectivity index (χ2n) is 6.31. The molecule has 0 saturated carbocycles. The molecule has 0 heterocycles. The van der Waals surface area contributed by atoms with E-state index in [4.69, 9.17) is 14.2 Å². The monoisotopic (exact) mass is 386 g/mol. The van der Waals surface area contributed by atoms with Crippen LogP contribution in [0, 0.1) is 13.8 Å². The van der Waals surface area contributed by atoms with Gasteiger partial charge in [0.2, 0.25) is 0 Å². The van der Waals surface area contributed by atoms with E-state index in [0.29, 0.717) is 18.1 Å². The fraction of sp³-hybridized carbons (Fsp3) is 0.333. The molecule has 0 unspecified atom stereocenters.